The maximum atomic E-state index is 11.5. The fraction of sp³-hybridized carbons (Fsp3) is 0.200. The minimum atomic E-state index is -0.118. The highest BCUT2D eigenvalue weighted by Crippen LogP contribution is 2.14. The van der Waals surface area contributed by atoms with Gasteiger partial charge in [-0.1, -0.05) is 6.07 Å². The van der Waals surface area contributed by atoms with Crippen LogP contribution in [0.4, 0.5) is 5.69 Å². The molecular weight excluding hydrogens is 180 g/mol. The molecule has 4 heteroatoms. The van der Waals surface area contributed by atoms with Crippen molar-refractivity contribution < 1.29 is 9.59 Å². The Hall–Kier alpha value is -1.93. The first kappa shape index (κ1) is 10.2. The van der Waals surface area contributed by atoms with Crippen molar-refractivity contribution in [2.45, 2.75) is 0 Å². The molecule has 1 aromatic carbocycles. The van der Waals surface area contributed by atoms with Crippen molar-refractivity contribution in [3.63, 3.8) is 0 Å². The molecule has 0 saturated heterocycles. The molecule has 0 saturated carbocycles. The van der Waals surface area contributed by atoms with Gasteiger partial charge in [-0.15, -0.1) is 0 Å². The molecule has 0 unspecified atom stereocenters. The first-order valence-electron chi connectivity index (χ1n) is 4.04. The number of hydrogen-bond donors (Lipinski definition) is 0. The van der Waals surface area contributed by atoms with Crippen LogP contribution in [0.15, 0.2) is 29.3 Å². The lowest BCUT2D eigenvalue weighted by atomic mass is 10.2. The van der Waals surface area contributed by atoms with Gasteiger partial charge < -0.3 is 4.90 Å². The molecule has 14 heavy (non-hydrogen) atoms. The smallest absolute Gasteiger partial charge is 0.253 e. The van der Waals surface area contributed by atoms with Gasteiger partial charge in [0.1, 0.15) is 0 Å². The lowest BCUT2D eigenvalue weighted by Crippen LogP contribution is -2.21. The molecule has 0 aromatic heterocycles. The van der Waals surface area contributed by atoms with Gasteiger partial charge in [0.05, 0.1) is 5.69 Å². The maximum absolute atomic E-state index is 11.5. The summed E-state index contributed by atoms with van der Waals surface area (Å²) in [6.07, 6.45) is 1.43. The van der Waals surface area contributed by atoms with Crippen LogP contribution in [-0.4, -0.2) is 31.0 Å². The molecule has 0 aliphatic heterocycles. The van der Waals surface area contributed by atoms with Crippen LogP contribution in [0.2, 0.25) is 0 Å². The van der Waals surface area contributed by atoms with E-state index >= 15 is 0 Å². The first-order valence-corrected chi connectivity index (χ1v) is 4.04. The molecule has 0 radical (unpaired) electrons. The Bertz CT molecular complexity index is 393. The van der Waals surface area contributed by atoms with Crippen molar-refractivity contribution in [2.24, 2.45) is 4.99 Å². The standard InChI is InChI=1S/C10H10N2O2/c1-12(2)10(14)8-4-3-5-9(6-8)11-7-13/h3-6H,1-2H3. The van der Waals surface area contributed by atoms with Gasteiger partial charge >= 0.3 is 0 Å². The van der Waals surface area contributed by atoms with E-state index in [-0.39, 0.29) is 5.91 Å². The zero-order valence-corrected chi connectivity index (χ0v) is 8.02. The highest BCUT2D eigenvalue weighted by atomic mass is 16.2. The minimum Gasteiger partial charge on any atom is -0.345 e. The Balaban J connectivity index is 3.05. The lowest BCUT2D eigenvalue weighted by Gasteiger charge is -2.09. The monoisotopic (exact) mass is 190 g/mol. The summed E-state index contributed by atoms with van der Waals surface area (Å²) in [5.74, 6) is -0.118. The van der Waals surface area contributed by atoms with Gasteiger partial charge in [0.2, 0.25) is 6.08 Å². The van der Waals surface area contributed by atoms with E-state index in [1.807, 2.05) is 0 Å². The highest BCUT2D eigenvalue weighted by Gasteiger charge is 2.07. The summed E-state index contributed by atoms with van der Waals surface area (Å²) < 4.78 is 0. The predicted molar refractivity (Wildman–Crippen MR) is 52.2 cm³/mol. The van der Waals surface area contributed by atoms with E-state index in [1.165, 1.54) is 11.0 Å². The van der Waals surface area contributed by atoms with E-state index in [2.05, 4.69) is 4.99 Å². The van der Waals surface area contributed by atoms with E-state index in [0.29, 0.717) is 11.3 Å². The molecule has 0 heterocycles. The quantitative estimate of drug-likeness (QED) is 0.522. The summed E-state index contributed by atoms with van der Waals surface area (Å²) in [5, 5.41) is 0. The van der Waals surface area contributed by atoms with E-state index in [0.717, 1.165) is 0 Å². The van der Waals surface area contributed by atoms with E-state index in [1.54, 1.807) is 38.4 Å². The number of amides is 1. The van der Waals surface area contributed by atoms with Crippen LogP contribution >= 0.6 is 0 Å². The zero-order valence-electron chi connectivity index (χ0n) is 8.02. The van der Waals surface area contributed by atoms with E-state index < -0.39 is 0 Å². The maximum Gasteiger partial charge on any atom is 0.253 e. The topological polar surface area (TPSA) is 49.7 Å². The van der Waals surface area contributed by atoms with Crippen molar-refractivity contribution in [3.05, 3.63) is 29.8 Å². The Labute approximate surface area is 81.9 Å². The molecule has 0 aliphatic rings. The molecule has 4 nitrogen and oxygen atoms in total. The lowest BCUT2D eigenvalue weighted by molar-refractivity contribution is 0.0827. The van der Waals surface area contributed by atoms with Crippen molar-refractivity contribution in [1.82, 2.24) is 4.90 Å². The molecule has 0 spiro atoms. The minimum absolute atomic E-state index is 0.118. The number of isocyanates is 1. The van der Waals surface area contributed by atoms with Gasteiger partial charge in [-0.25, -0.2) is 4.79 Å². The Kier molecular flexibility index (Phi) is 3.15. The summed E-state index contributed by atoms with van der Waals surface area (Å²) in [6.45, 7) is 0. The molecule has 0 N–H and O–H groups in total. The number of carbonyl (C=O) groups is 1. The van der Waals surface area contributed by atoms with Crippen molar-refractivity contribution in [2.75, 3.05) is 14.1 Å². The summed E-state index contributed by atoms with van der Waals surface area (Å²) in [6, 6.07) is 6.53. The average Bonchev–Trinajstić information content (AvgIpc) is 2.17. The Morgan fingerprint density at radius 3 is 2.71 bits per heavy atom. The fourth-order valence-corrected chi connectivity index (χ4v) is 1.02. The average molecular weight is 190 g/mol. The Morgan fingerprint density at radius 2 is 2.14 bits per heavy atom. The summed E-state index contributed by atoms with van der Waals surface area (Å²) in [5.41, 5.74) is 0.944. The number of benzene rings is 1. The number of hydrogen-bond acceptors (Lipinski definition) is 3. The largest absolute Gasteiger partial charge is 0.345 e. The second-order valence-electron chi connectivity index (χ2n) is 2.95. The van der Waals surface area contributed by atoms with Gasteiger partial charge in [0.15, 0.2) is 0 Å². The van der Waals surface area contributed by atoms with Gasteiger partial charge in [-0.05, 0) is 18.2 Å². The van der Waals surface area contributed by atoms with Crippen LogP contribution in [0, 0.1) is 0 Å². The van der Waals surface area contributed by atoms with Crippen LogP contribution in [0.3, 0.4) is 0 Å². The summed E-state index contributed by atoms with van der Waals surface area (Å²) in [4.78, 5) is 26.4. The number of aliphatic imine (C=N–C) groups is 1. The van der Waals surface area contributed by atoms with Crippen LogP contribution in [0.1, 0.15) is 10.4 Å². The normalized spacial score (nSPS) is 9.00. The van der Waals surface area contributed by atoms with Crippen molar-refractivity contribution in [1.29, 1.82) is 0 Å². The Morgan fingerprint density at radius 1 is 1.43 bits per heavy atom. The molecule has 0 aliphatic carbocycles. The molecule has 72 valence electrons. The molecule has 1 amide bonds. The van der Waals surface area contributed by atoms with Crippen LogP contribution in [0.25, 0.3) is 0 Å². The summed E-state index contributed by atoms with van der Waals surface area (Å²) >= 11 is 0. The van der Waals surface area contributed by atoms with Crippen LogP contribution < -0.4 is 0 Å². The predicted octanol–water partition coefficient (Wildman–Crippen LogP) is 1.36. The molecular formula is C10H10N2O2. The van der Waals surface area contributed by atoms with E-state index in [4.69, 9.17) is 0 Å². The van der Waals surface area contributed by atoms with Gasteiger partial charge in [-0.2, -0.15) is 4.99 Å². The first-order chi connectivity index (χ1) is 6.65. The third kappa shape index (κ3) is 2.28. The van der Waals surface area contributed by atoms with Crippen LogP contribution in [-0.2, 0) is 4.79 Å². The molecule has 0 fully saturated rings. The number of rotatable bonds is 2. The third-order valence-electron chi connectivity index (χ3n) is 1.67. The summed E-state index contributed by atoms with van der Waals surface area (Å²) in [7, 11) is 3.33. The van der Waals surface area contributed by atoms with E-state index in [9.17, 15) is 9.59 Å². The molecule has 0 atom stereocenters. The second kappa shape index (κ2) is 4.35. The highest BCUT2D eigenvalue weighted by molar-refractivity contribution is 5.94. The SMILES string of the molecule is CN(C)C(=O)c1cccc(N=C=O)c1. The number of nitrogens with zero attached hydrogens (tertiary/aromatic N) is 2. The zero-order chi connectivity index (χ0) is 10.6. The third-order valence-corrected chi connectivity index (χ3v) is 1.67. The second-order valence-corrected chi connectivity index (χ2v) is 2.95. The van der Waals surface area contributed by atoms with Gasteiger partial charge in [-0.3, -0.25) is 4.79 Å². The van der Waals surface area contributed by atoms with Crippen LogP contribution in [0.5, 0.6) is 0 Å². The fourth-order valence-electron chi connectivity index (χ4n) is 1.02. The van der Waals surface area contributed by atoms with Crippen molar-refractivity contribution in [3.8, 4) is 0 Å². The van der Waals surface area contributed by atoms with Gasteiger partial charge in [0, 0.05) is 19.7 Å². The van der Waals surface area contributed by atoms with Gasteiger partial charge in [0.25, 0.3) is 5.91 Å². The molecule has 0 bridgehead atoms. The molecule has 1 rings (SSSR count). The number of carbonyl (C=O) groups excluding carboxylic acids is 2. The molecule has 1 aromatic rings. The van der Waals surface area contributed by atoms with Crippen molar-refractivity contribution >= 4 is 17.7 Å².